The van der Waals surface area contributed by atoms with Crippen LogP contribution in [0.25, 0.3) is 0 Å². The lowest BCUT2D eigenvalue weighted by molar-refractivity contribution is 0.231. The van der Waals surface area contributed by atoms with E-state index in [0.717, 1.165) is 24.7 Å². The summed E-state index contributed by atoms with van der Waals surface area (Å²) in [6.07, 6.45) is 2.63. The van der Waals surface area contributed by atoms with Gasteiger partial charge >= 0.3 is 0 Å². The number of rotatable bonds is 6. The predicted octanol–water partition coefficient (Wildman–Crippen LogP) is 1.69. The molecule has 5 nitrogen and oxygen atoms in total. The Bertz CT molecular complexity index is 377. The number of likely N-dealkylation sites (tertiary alicyclic amines) is 1. The molecule has 2 rings (SSSR count). The third-order valence-electron chi connectivity index (χ3n) is 3.03. The maximum Gasteiger partial charge on any atom is 0.218 e. The van der Waals surface area contributed by atoms with Gasteiger partial charge in [-0.3, -0.25) is 4.90 Å². The van der Waals surface area contributed by atoms with Crippen molar-refractivity contribution in [3.8, 4) is 5.88 Å². The van der Waals surface area contributed by atoms with Gasteiger partial charge in [-0.05, 0) is 39.8 Å². The molecule has 18 heavy (non-hydrogen) atoms. The predicted molar refractivity (Wildman–Crippen MR) is 72.1 cm³/mol. The number of ether oxygens (including phenoxy) is 1. The fourth-order valence-electron chi connectivity index (χ4n) is 2.17. The van der Waals surface area contributed by atoms with E-state index in [1.54, 1.807) is 0 Å². The standard InChI is InChI=1S/C13H22N4O/c1-3-14-12-10-13(16-11(2)15-12)18-9-8-17-6-4-5-7-17/h10H,3-9H2,1-2H3,(H,14,15,16). The van der Waals surface area contributed by atoms with Crippen molar-refractivity contribution in [3.63, 3.8) is 0 Å². The maximum absolute atomic E-state index is 5.70. The average molecular weight is 250 g/mol. The third kappa shape index (κ3) is 3.84. The number of anilines is 1. The number of hydrogen-bond acceptors (Lipinski definition) is 5. The van der Waals surface area contributed by atoms with Gasteiger partial charge < -0.3 is 10.1 Å². The minimum atomic E-state index is 0.664. The first-order valence-electron chi connectivity index (χ1n) is 6.72. The highest BCUT2D eigenvalue weighted by atomic mass is 16.5. The van der Waals surface area contributed by atoms with E-state index < -0.39 is 0 Å². The third-order valence-corrected chi connectivity index (χ3v) is 3.03. The first-order valence-corrected chi connectivity index (χ1v) is 6.72. The largest absolute Gasteiger partial charge is 0.476 e. The summed E-state index contributed by atoms with van der Waals surface area (Å²) >= 11 is 0. The first kappa shape index (κ1) is 13.1. The molecule has 0 bridgehead atoms. The Labute approximate surface area is 109 Å². The number of hydrogen-bond donors (Lipinski definition) is 1. The Morgan fingerprint density at radius 1 is 1.33 bits per heavy atom. The molecule has 0 aliphatic carbocycles. The summed E-state index contributed by atoms with van der Waals surface area (Å²) in [5.74, 6) is 2.24. The van der Waals surface area contributed by atoms with Gasteiger partial charge in [0.15, 0.2) is 0 Å². The lowest BCUT2D eigenvalue weighted by Crippen LogP contribution is -2.25. The van der Waals surface area contributed by atoms with E-state index in [1.807, 2.05) is 19.9 Å². The fraction of sp³-hybridized carbons (Fsp3) is 0.692. The van der Waals surface area contributed by atoms with Gasteiger partial charge in [-0.2, -0.15) is 4.98 Å². The van der Waals surface area contributed by atoms with Gasteiger partial charge in [0.25, 0.3) is 0 Å². The van der Waals surface area contributed by atoms with E-state index in [1.165, 1.54) is 25.9 Å². The van der Waals surface area contributed by atoms with Gasteiger partial charge in [-0.1, -0.05) is 0 Å². The molecule has 1 aliphatic rings. The summed E-state index contributed by atoms with van der Waals surface area (Å²) in [6, 6.07) is 1.86. The van der Waals surface area contributed by atoms with Gasteiger partial charge in [0.1, 0.15) is 18.2 Å². The van der Waals surface area contributed by atoms with Crippen LogP contribution in [-0.4, -0.2) is 47.7 Å². The zero-order chi connectivity index (χ0) is 12.8. The van der Waals surface area contributed by atoms with Gasteiger partial charge in [-0.25, -0.2) is 4.98 Å². The molecular weight excluding hydrogens is 228 g/mol. The molecule has 0 saturated carbocycles. The molecule has 0 unspecified atom stereocenters. The molecule has 5 heteroatoms. The quantitative estimate of drug-likeness (QED) is 0.832. The van der Waals surface area contributed by atoms with Crippen LogP contribution in [0.4, 0.5) is 5.82 Å². The van der Waals surface area contributed by atoms with Crippen LogP contribution < -0.4 is 10.1 Å². The molecule has 0 atom stereocenters. The number of nitrogens with one attached hydrogen (secondary N) is 1. The molecule has 1 N–H and O–H groups in total. The van der Waals surface area contributed by atoms with Crippen molar-refractivity contribution in [2.24, 2.45) is 0 Å². The van der Waals surface area contributed by atoms with Gasteiger partial charge in [-0.15, -0.1) is 0 Å². The van der Waals surface area contributed by atoms with Crippen molar-refractivity contribution in [3.05, 3.63) is 11.9 Å². The van der Waals surface area contributed by atoms with Crippen LogP contribution >= 0.6 is 0 Å². The van der Waals surface area contributed by atoms with Crippen LogP contribution in [0.5, 0.6) is 5.88 Å². The second-order valence-corrected chi connectivity index (χ2v) is 4.57. The molecular formula is C13H22N4O. The zero-order valence-electron chi connectivity index (χ0n) is 11.3. The summed E-state index contributed by atoms with van der Waals surface area (Å²) in [4.78, 5) is 11.0. The molecule has 0 amide bonds. The van der Waals surface area contributed by atoms with Crippen molar-refractivity contribution in [1.82, 2.24) is 14.9 Å². The van der Waals surface area contributed by atoms with E-state index in [2.05, 4.69) is 20.2 Å². The second-order valence-electron chi connectivity index (χ2n) is 4.57. The average Bonchev–Trinajstić information content (AvgIpc) is 2.82. The van der Waals surface area contributed by atoms with Gasteiger partial charge in [0, 0.05) is 19.2 Å². The fourth-order valence-corrected chi connectivity index (χ4v) is 2.17. The van der Waals surface area contributed by atoms with Crippen molar-refractivity contribution >= 4 is 5.82 Å². The van der Waals surface area contributed by atoms with Crippen LogP contribution in [0, 0.1) is 6.92 Å². The molecule has 0 aromatic carbocycles. The van der Waals surface area contributed by atoms with E-state index in [9.17, 15) is 0 Å². The SMILES string of the molecule is CCNc1cc(OCCN2CCCC2)nc(C)n1. The summed E-state index contributed by atoms with van der Waals surface area (Å²) in [5.41, 5.74) is 0. The highest BCUT2D eigenvalue weighted by Gasteiger charge is 2.11. The first-order chi connectivity index (χ1) is 8.78. The van der Waals surface area contributed by atoms with Crippen LogP contribution in [-0.2, 0) is 0 Å². The van der Waals surface area contributed by atoms with Crippen LogP contribution in [0.15, 0.2) is 6.07 Å². The Hall–Kier alpha value is -1.36. The van der Waals surface area contributed by atoms with Gasteiger partial charge in [0.2, 0.25) is 5.88 Å². The van der Waals surface area contributed by atoms with E-state index in [0.29, 0.717) is 12.5 Å². The maximum atomic E-state index is 5.70. The second kappa shape index (κ2) is 6.54. The highest BCUT2D eigenvalue weighted by Crippen LogP contribution is 2.13. The van der Waals surface area contributed by atoms with E-state index >= 15 is 0 Å². The lowest BCUT2D eigenvalue weighted by atomic mass is 10.4. The summed E-state index contributed by atoms with van der Waals surface area (Å²) in [6.45, 7) is 8.87. The van der Waals surface area contributed by atoms with Crippen LogP contribution in [0.3, 0.4) is 0 Å². The minimum Gasteiger partial charge on any atom is -0.476 e. The zero-order valence-corrected chi connectivity index (χ0v) is 11.3. The number of aromatic nitrogens is 2. The molecule has 0 radical (unpaired) electrons. The van der Waals surface area contributed by atoms with Crippen LogP contribution in [0.1, 0.15) is 25.6 Å². The highest BCUT2D eigenvalue weighted by molar-refractivity contribution is 5.38. The molecule has 1 saturated heterocycles. The topological polar surface area (TPSA) is 50.3 Å². The van der Waals surface area contributed by atoms with Crippen molar-refractivity contribution < 1.29 is 4.74 Å². The van der Waals surface area contributed by atoms with Crippen LogP contribution in [0.2, 0.25) is 0 Å². The normalized spacial score (nSPS) is 15.9. The Morgan fingerprint density at radius 2 is 2.11 bits per heavy atom. The van der Waals surface area contributed by atoms with E-state index in [4.69, 9.17) is 4.74 Å². The van der Waals surface area contributed by atoms with E-state index in [-0.39, 0.29) is 0 Å². The number of aryl methyl sites for hydroxylation is 1. The Kier molecular flexibility index (Phi) is 4.75. The molecule has 2 heterocycles. The summed E-state index contributed by atoms with van der Waals surface area (Å²) in [7, 11) is 0. The van der Waals surface area contributed by atoms with Crippen molar-refractivity contribution in [1.29, 1.82) is 0 Å². The molecule has 1 aromatic heterocycles. The lowest BCUT2D eigenvalue weighted by Gasteiger charge is -2.15. The van der Waals surface area contributed by atoms with Crippen molar-refractivity contribution in [2.75, 3.05) is 38.1 Å². The molecule has 100 valence electrons. The monoisotopic (exact) mass is 250 g/mol. The minimum absolute atomic E-state index is 0.664. The summed E-state index contributed by atoms with van der Waals surface area (Å²) < 4.78 is 5.70. The molecule has 1 aliphatic heterocycles. The molecule has 1 aromatic rings. The molecule has 0 spiro atoms. The Balaban J connectivity index is 1.83. The number of nitrogens with zero attached hydrogens (tertiary/aromatic N) is 3. The molecule has 1 fully saturated rings. The van der Waals surface area contributed by atoms with Gasteiger partial charge in [0.05, 0.1) is 0 Å². The summed E-state index contributed by atoms with van der Waals surface area (Å²) in [5, 5.41) is 3.18. The Morgan fingerprint density at radius 3 is 2.83 bits per heavy atom. The smallest absolute Gasteiger partial charge is 0.218 e. The van der Waals surface area contributed by atoms with Crippen molar-refractivity contribution in [2.45, 2.75) is 26.7 Å².